The van der Waals surface area contributed by atoms with Gasteiger partial charge in [-0.25, -0.2) is 4.39 Å². The maximum atomic E-state index is 13.8. The maximum Gasteiger partial charge on any atom is 0.309 e. The van der Waals surface area contributed by atoms with Crippen molar-refractivity contribution in [2.75, 3.05) is 7.11 Å². The quantitative estimate of drug-likeness (QED) is 0.498. The van der Waals surface area contributed by atoms with Crippen molar-refractivity contribution < 1.29 is 28.2 Å². The van der Waals surface area contributed by atoms with E-state index in [1.807, 2.05) is 31.2 Å². The van der Waals surface area contributed by atoms with E-state index < -0.39 is 35.4 Å². The van der Waals surface area contributed by atoms with Crippen LogP contribution in [-0.2, 0) is 19.1 Å². The van der Waals surface area contributed by atoms with Crippen LogP contribution in [0.2, 0.25) is 0 Å². The molecule has 2 rings (SSSR count). The highest BCUT2D eigenvalue weighted by atomic mass is 19.1. The van der Waals surface area contributed by atoms with Gasteiger partial charge in [0.2, 0.25) is 0 Å². The van der Waals surface area contributed by atoms with Gasteiger partial charge in [0.1, 0.15) is 23.3 Å². The highest BCUT2D eigenvalue weighted by Gasteiger charge is 2.30. The van der Waals surface area contributed by atoms with E-state index in [1.165, 1.54) is 19.2 Å². The molecule has 0 unspecified atom stereocenters. The predicted octanol–water partition coefficient (Wildman–Crippen LogP) is 5.57. The molecular weight excluding hydrogens is 411 g/mol. The van der Waals surface area contributed by atoms with Crippen LogP contribution in [0.15, 0.2) is 42.5 Å². The van der Waals surface area contributed by atoms with Crippen LogP contribution >= 0.6 is 0 Å². The second-order valence-corrected chi connectivity index (χ2v) is 9.11. The zero-order valence-electron chi connectivity index (χ0n) is 19.9. The lowest BCUT2D eigenvalue weighted by atomic mass is 9.86. The Hall–Kier alpha value is -2.89. The SMILES string of the molecule is COc1cc(F)ccc1[C@@H](c1ccc(C)cc1)[C@H](C)OC(=O)[C@H](C)CC(=O)OC(C)(C)C. The number of halogens is 1. The summed E-state index contributed by atoms with van der Waals surface area (Å²) in [4.78, 5) is 24.9. The molecule has 0 saturated carbocycles. The molecule has 174 valence electrons. The maximum absolute atomic E-state index is 13.8. The number of methoxy groups -OCH3 is 1. The standard InChI is InChI=1S/C26H33FO5/c1-16-8-10-19(11-9-16)24(21-13-12-20(27)15-22(21)30-7)18(3)31-25(29)17(2)14-23(28)32-26(4,5)6/h8-13,15,17-18,24H,14H2,1-7H3/t17-,18+,24-/m1/s1. The van der Waals surface area contributed by atoms with Gasteiger partial charge in [-0.15, -0.1) is 0 Å². The minimum atomic E-state index is -0.666. The lowest BCUT2D eigenvalue weighted by Crippen LogP contribution is -2.30. The van der Waals surface area contributed by atoms with Crippen molar-refractivity contribution in [2.45, 2.75) is 65.6 Å². The third-order valence-corrected chi connectivity index (χ3v) is 5.03. The van der Waals surface area contributed by atoms with Gasteiger partial charge < -0.3 is 14.2 Å². The lowest BCUT2D eigenvalue weighted by Gasteiger charge is -2.28. The smallest absolute Gasteiger partial charge is 0.309 e. The molecule has 0 aliphatic carbocycles. The molecule has 32 heavy (non-hydrogen) atoms. The van der Waals surface area contributed by atoms with Crippen molar-refractivity contribution in [2.24, 2.45) is 5.92 Å². The Morgan fingerprint density at radius 1 is 1.03 bits per heavy atom. The van der Waals surface area contributed by atoms with Crippen molar-refractivity contribution in [1.29, 1.82) is 0 Å². The highest BCUT2D eigenvalue weighted by Crippen LogP contribution is 2.36. The first-order valence-corrected chi connectivity index (χ1v) is 10.7. The third-order valence-electron chi connectivity index (χ3n) is 5.03. The van der Waals surface area contributed by atoms with Gasteiger partial charge in [0.05, 0.1) is 19.4 Å². The number of hydrogen-bond donors (Lipinski definition) is 0. The fraction of sp³-hybridized carbons (Fsp3) is 0.462. The van der Waals surface area contributed by atoms with Crippen molar-refractivity contribution in [3.05, 3.63) is 65.0 Å². The summed E-state index contributed by atoms with van der Waals surface area (Å²) in [6.07, 6.45) is -0.664. The van der Waals surface area contributed by atoms with E-state index in [0.717, 1.165) is 11.1 Å². The summed E-state index contributed by atoms with van der Waals surface area (Å²) in [5.41, 5.74) is 2.08. The fourth-order valence-corrected chi connectivity index (χ4v) is 3.50. The number of carbonyl (C=O) groups is 2. The van der Waals surface area contributed by atoms with Crippen LogP contribution in [0.3, 0.4) is 0 Å². The fourth-order valence-electron chi connectivity index (χ4n) is 3.50. The van der Waals surface area contributed by atoms with Crippen LogP contribution in [0.4, 0.5) is 4.39 Å². The number of aryl methyl sites for hydroxylation is 1. The summed E-state index contributed by atoms with van der Waals surface area (Å²) in [6.45, 7) is 10.7. The van der Waals surface area contributed by atoms with Crippen molar-refractivity contribution in [1.82, 2.24) is 0 Å². The van der Waals surface area contributed by atoms with E-state index >= 15 is 0 Å². The second kappa shape index (κ2) is 10.6. The topological polar surface area (TPSA) is 61.8 Å². The first-order chi connectivity index (χ1) is 14.9. The van der Waals surface area contributed by atoms with Gasteiger partial charge >= 0.3 is 11.9 Å². The van der Waals surface area contributed by atoms with E-state index in [0.29, 0.717) is 11.3 Å². The largest absolute Gasteiger partial charge is 0.496 e. The first kappa shape index (κ1) is 25.4. The van der Waals surface area contributed by atoms with Crippen LogP contribution in [-0.4, -0.2) is 30.8 Å². The minimum Gasteiger partial charge on any atom is -0.496 e. The van der Waals surface area contributed by atoms with E-state index in [-0.39, 0.29) is 12.3 Å². The molecule has 0 amide bonds. The minimum absolute atomic E-state index is 0.0715. The van der Waals surface area contributed by atoms with Crippen LogP contribution in [0.1, 0.15) is 63.6 Å². The summed E-state index contributed by atoms with van der Waals surface area (Å²) in [7, 11) is 1.48. The summed E-state index contributed by atoms with van der Waals surface area (Å²) in [5.74, 6) is -2.04. The van der Waals surface area contributed by atoms with Crippen molar-refractivity contribution in [3.63, 3.8) is 0 Å². The molecule has 0 aromatic heterocycles. The Labute approximate surface area is 189 Å². The molecule has 3 atom stereocenters. The number of esters is 2. The van der Waals surface area contributed by atoms with E-state index in [4.69, 9.17) is 14.2 Å². The number of ether oxygens (including phenoxy) is 3. The van der Waals surface area contributed by atoms with Gasteiger partial charge in [-0.05, 0) is 46.2 Å². The molecule has 0 radical (unpaired) electrons. The molecular formula is C26H33FO5. The number of rotatable bonds is 8. The Morgan fingerprint density at radius 3 is 2.22 bits per heavy atom. The monoisotopic (exact) mass is 444 g/mol. The molecule has 0 saturated heterocycles. The van der Waals surface area contributed by atoms with Gasteiger partial charge in [-0.3, -0.25) is 9.59 Å². The zero-order valence-corrected chi connectivity index (χ0v) is 19.9. The Morgan fingerprint density at radius 2 is 1.66 bits per heavy atom. The van der Waals surface area contributed by atoms with Crippen LogP contribution < -0.4 is 4.74 Å². The molecule has 0 aliphatic heterocycles. The Kier molecular flexibility index (Phi) is 8.42. The van der Waals surface area contributed by atoms with E-state index in [1.54, 1.807) is 40.7 Å². The van der Waals surface area contributed by atoms with E-state index in [9.17, 15) is 14.0 Å². The summed E-state index contributed by atoms with van der Waals surface area (Å²) < 4.78 is 30.3. The number of benzene rings is 2. The summed E-state index contributed by atoms with van der Waals surface area (Å²) in [5, 5.41) is 0. The molecule has 2 aromatic rings. The van der Waals surface area contributed by atoms with Gasteiger partial charge in [0.25, 0.3) is 0 Å². The van der Waals surface area contributed by atoms with Gasteiger partial charge in [0.15, 0.2) is 0 Å². The molecule has 0 bridgehead atoms. The molecule has 0 aliphatic rings. The van der Waals surface area contributed by atoms with Crippen LogP contribution in [0.5, 0.6) is 5.75 Å². The molecule has 0 N–H and O–H groups in total. The third kappa shape index (κ3) is 7.08. The second-order valence-electron chi connectivity index (χ2n) is 9.11. The molecule has 0 fully saturated rings. The average molecular weight is 445 g/mol. The number of carbonyl (C=O) groups excluding carboxylic acids is 2. The van der Waals surface area contributed by atoms with Gasteiger partial charge in [-0.1, -0.05) is 42.8 Å². The van der Waals surface area contributed by atoms with Gasteiger partial charge in [-0.2, -0.15) is 0 Å². The molecule has 5 nitrogen and oxygen atoms in total. The average Bonchev–Trinajstić information content (AvgIpc) is 2.69. The predicted molar refractivity (Wildman–Crippen MR) is 121 cm³/mol. The molecule has 2 aromatic carbocycles. The lowest BCUT2D eigenvalue weighted by molar-refractivity contribution is -0.163. The van der Waals surface area contributed by atoms with Crippen LogP contribution in [0.25, 0.3) is 0 Å². The highest BCUT2D eigenvalue weighted by molar-refractivity contribution is 5.80. The molecule has 0 spiro atoms. The Bertz CT molecular complexity index is 930. The molecule has 0 heterocycles. The van der Waals surface area contributed by atoms with E-state index in [2.05, 4.69) is 0 Å². The Balaban J connectivity index is 2.27. The van der Waals surface area contributed by atoms with Crippen molar-refractivity contribution >= 4 is 11.9 Å². The normalized spacial score (nSPS) is 14.2. The number of hydrogen-bond acceptors (Lipinski definition) is 5. The van der Waals surface area contributed by atoms with Gasteiger partial charge in [0, 0.05) is 17.5 Å². The summed E-state index contributed by atoms with van der Waals surface area (Å²) in [6, 6.07) is 12.2. The van der Waals surface area contributed by atoms with Crippen molar-refractivity contribution in [3.8, 4) is 5.75 Å². The molecule has 6 heteroatoms. The first-order valence-electron chi connectivity index (χ1n) is 10.7. The van der Waals surface area contributed by atoms with Crippen LogP contribution in [0, 0.1) is 18.7 Å². The zero-order chi connectivity index (χ0) is 24.1. The summed E-state index contributed by atoms with van der Waals surface area (Å²) >= 11 is 0.